The minimum absolute atomic E-state index is 0.0744. The Morgan fingerprint density at radius 3 is 2.20 bits per heavy atom. The third kappa shape index (κ3) is 4.12. The predicted molar refractivity (Wildman–Crippen MR) is 91.7 cm³/mol. The van der Waals surface area contributed by atoms with Crippen molar-refractivity contribution in [3.63, 3.8) is 0 Å². The van der Waals surface area contributed by atoms with Crippen molar-refractivity contribution in [1.82, 2.24) is 0 Å². The van der Waals surface area contributed by atoms with Gasteiger partial charge in [0.2, 0.25) is 0 Å². The number of hydrogen-bond donors (Lipinski definition) is 1. The molecule has 0 aromatic heterocycles. The molecule has 0 saturated carbocycles. The average molecular weight is 339 g/mol. The lowest BCUT2D eigenvalue weighted by Crippen LogP contribution is -2.26. The van der Waals surface area contributed by atoms with Gasteiger partial charge in [0.25, 0.3) is 0 Å². The maximum atomic E-state index is 10.1. The molecule has 20 heavy (non-hydrogen) atoms. The van der Waals surface area contributed by atoms with Gasteiger partial charge in [-0.25, -0.2) is 0 Å². The highest BCUT2D eigenvalue weighted by Gasteiger charge is 2.30. The van der Waals surface area contributed by atoms with Crippen LogP contribution >= 0.6 is 15.9 Å². The number of phenolic OH excluding ortho intramolecular Hbond substituents is 1. The molecule has 0 spiro atoms. The van der Waals surface area contributed by atoms with E-state index in [-0.39, 0.29) is 10.8 Å². The third-order valence-corrected chi connectivity index (χ3v) is 4.15. The normalized spacial score (nSPS) is 12.5. The number of phenols is 1. The Bertz CT molecular complexity index is 481. The van der Waals surface area contributed by atoms with Gasteiger partial charge in [0.15, 0.2) is 0 Å². The Morgan fingerprint density at radius 1 is 1.15 bits per heavy atom. The predicted octanol–water partition coefficient (Wildman–Crippen LogP) is 5.73. The molecule has 0 heterocycles. The molecule has 0 radical (unpaired) electrons. The SMILES string of the molecule is C=CCc1c(O)ccc(C(C)(C)CC(C)(C)C)c1CBr. The summed E-state index contributed by atoms with van der Waals surface area (Å²) in [6.45, 7) is 15.2. The molecular weight excluding hydrogens is 312 g/mol. The van der Waals surface area contributed by atoms with Crippen molar-refractivity contribution >= 4 is 15.9 Å². The number of allylic oxidation sites excluding steroid dienone is 1. The summed E-state index contributed by atoms with van der Waals surface area (Å²) < 4.78 is 0. The lowest BCUT2D eigenvalue weighted by Gasteiger charge is -2.35. The standard InChI is InChI=1S/C18H27BrO/c1-7-8-13-14(11-19)15(9-10-16(13)20)18(5,6)12-17(2,3)4/h7,9-10,20H,1,8,11-12H2,2-6H3. The number of halogens is 1. The monoisotopic (exact) mass is 338 g/mol. The van der Waals surface area contributed by atoms with E-state index in [0.717, 1.165) is 17.3 Å². The summed E-state index contributed by atoms with van der Waals surface area (Å²) in [6, 6.07) is 3.90. The minimum atomic E-state index is 0.0744. The van der Waals surface area contributed by atoms with Crippen LogP contribution in [0.5, 0.6) is 5.75 Å². The van der Waals surface area contributed by atoms with E-state index in [1.807, 2.05) is 12.1 Å². The van der Waals surface area contributed by atoms with Crippen molar-refractivity contribution in [1.29, 1.82) is 0 Å². The van der Waals surface area contributed by atoms with Gasteiger partial charge in [0, 0.05) is 10.9 Å². The van der Waals surface area contributed by atoms with Crippen molar-refractivity contribution in [3.05, 3.63) is 41.5 Å². The van der Waals surface area contributed by atoms with Crippen LogP contribution in [0.3, 0.4) is 0 Å². The lowest BCUT2D eigenvalue weighted by atomic mass is 9.70. The van der Waals surface area contributed by atoms with Crippen molar-refractivity contribution in [2.45, 2.75) is 58.2 Å². The summed E-state index contributed by atoms with van der Waals surface area (Å²) in [5.74, 6) is 0.370. The molecule has 1 N–H and O–H groups in total. The van der Waals surface area contributed by atoms with Crippen LogP contribution < -0.4 is 0 Å². The summed E-state index contributed by atoms with van der Waals surface area (Å²) in [5.41, 5.74) is 3.86. The van der Waals surface area contributed by atoms with Gasteiger partial charge < -0.3 is 5.11 Å². The van der Waals surface area contributed by atoms with Crippen molar-refractivity contribution in [2.75, 3.05) is 0 Å². The maximum Gasteiger partial charge on any atom is 0.119 e. The Morgan fingerprint density at radius 2 is 1.75 bits per heavy atom. The molecule has 0 aliphatic rings. The van der Waals surface area contributed by atoms with Gasteiger partial charge >= 0.3 is 0 Å². The van der Waals surface area contributed by atoms with Crippen LogP contribution in [-0.4, -0.2) is 5.11 Å². The van der Waals surface area contributed by atoms with E-state index in [4.69, 9.17) is 0 Å². The minimum Gasteiger partial charge on any atom is -0.508 e. The Balaban J connectivity index is 3.37. The van der Waals surface area contributed by atoms with Gasteiger partial charge in [-0.15, -0.1) is 6.58 Å². The summed E-state index contributed by atoms with van der Waals surface area (Å²) in [7, 11) is 0. The van der Waals surface area contributed by atoms with Crippen LogP contribution in [0.15, 0.2) is 24.8 Å². The Labute approximate surface area is 132 Å². The molecule has 0 fully saturated rings. The van der Waals surface area contributed by atoms with Crippen LogP contribution in [0, 0.1) is 5.41 Å². The molecule has 0 bridgehead atoms. The zero-order valence-corrected chi connectivity index (χ0v) is 15.0. The fourth-order valence-electron chi connectivity index (χ4n) is 3.26. The average Bonchev–Trinajstić information content (AvgIpc) is 2.28. The first-order valence-electron chi connectivity index (χ1n) is 7.13. The fourth-order valence-corrected chi connectivity index (χ4v) is 3.90. The molecule has 1 nitrogen and oxygen atoms in total. The molecule has 2 heteroatoms. The number of rotatable bonds is 5. The quantitative estimate of drug-likeness (QED) is 0.536. The first-order chi connectivity index (χ1) is 9.12. The smallest absolute Gasteiger partial charge is 0.119 e. The number of alkyl halides is 1. The van der Waals surface area contributed by atoms with Gasteiger partial charge in [0.05, 0.1) is 0 Å². The Kier molecular flexibility index (Phi) is 5.48. The third-order valence-electron chi connectivity index (χ3n) is 3.59. The van der Waals surface area contributed by atoms with E-state index in [0.29, 0.717) is 12.2 Å². The maximum absolute atomic E-state index is 10.1. The summed E-state index contributed by atoms with van der Waals surface area (Å²) in [4.78, 5) is 0. The zero-order valence-electron chi connectivity index (χ0n) is 13.4. The topological polar surface area (TPSA) is 20.2 Å². The highest BCUT2D eigenvalue weighted by atomic mass is 79.9. The highest BCUT2D eigenvalue weighted by Crippen LogP contribution is 2.40. The molecule has 1 aromatic rings. The van der Waals surface area contributed by atoms with E-state index in [2.05, 4.69) is 63.2 Å². The molecule has 0 amide bonds. The molecule has 0 unspecified atom stereocenters. The number of benzene rings is 1. The van der Waals surface area contributed by atoms with Crippen LogP contribution in [0.2, 0.25) is 0 Å². The van der Waals surface area contributed by atoms with Crippen molar-refractivity contribution in [2.24, 2.45) is 5.41 Å². The summed E-state index contributed by atoms with van der Waals surface area (Å²) in [5, 5.41) is 10.9. The second-order valence-electron chi connectivity index (χ2n) is 7.34. The van der Waals surface area contributed by atoms with E-state index in [1.165, 1.54) is 11.1 Å². The molecular formula is C18H27BrO. The van der Waals surface area contributed by atoms with Crippen LogP contribution in [0.1, 0.15) is 57.7 Å². The second kappa shape index (κ2) is 6.34. The molecule has 112 valence electrons. The molecule has 0 saturated heterocycles. The lowest BCUT2D eigenvalue weighted by molar-refractivity contribution is 0.283. The summed E-state index contributed by atoms with van der Waals surface area (Å²) in [6.07, 6.45) is 3.65. The van der Waals surface area contributed by atoms with Gasteiger partial charge in [-0.05, 0) is 40.9 Å². The molecule has 1 rings (SSSR count). The zero-order chi connectivity index (χ0) is 15.6. The number of aromatic hydroxyl groups is 1. The van der Waals surface area contributed by atoms with Crippen LogP contribution in [-0.2, 0) is 17.2 Å². The first-order valence-corrected chi connectivity index (χ1v) is 8.25. The molecule has 0 aliphatic carbocycles. The van der Waals surface area contributed by atoms with Crippen LogP contribution in [0.25, 0.3) is 0 Å². The van der Waals surface area contributed by atoms with E-state index < -0.39 is 0 Å². The fraction of sp³-hybridized carbons (Fsp3) is 0.556. The van der Waals surface area contributed by atoms with Gasteiger partial charge in [-0.1, -0.05) is 62.7 Å². The summed E-state index contributed by atoms with van der Waals surface area (Å²) >= 11 is 3.59. The van der Waals surface area contributed by atoms with E-state index in [9.17, 15) is 5.11 Å². The van der Waals surface area contributed by atoms with E-state index in [1.54, 1.807) is 0 Å². The number of hydrogen-bond acceptors (Lipinski definition) is 1. The molecule has 1 aromatic carbocycles. The second-order valence-corrected chi connectivity index (χ2v) is 7.90. The largest absolute Gasteiger partial charge is 0.508 e. The van der Waals surface area contributed by atoms with Gasteiger partial charge in [-0.2, -0.15) is 0 Å². The Hall–Kier alpha value is -0.760. The molecule has 0 atom stereocenters. The van der Waals surface area contributed by atoms with Crippen molar-refractivity contribution in [3.8, 4) is 5.75 Å². The van der Waals surface area contributed by atoms with Crippen molar-refractivity contribution < 1.29 is 5.11 Å². The van der Waals surface area contributed by atoms with Gasteiger partial charge in [-0.3, -0.25) is 0 Å². The highest BCUT2D eigenvalue weighted by molar-refractivity contribution is 9.08. The van der Waals surface area contributed by atoms with Crippen LogP contribution in [0.4, 0.5) is 0 Å². The molecule has 0 aliphatic heterocycles. The first kappa shape index (κ1) is 17.3. The van der Waals surface area contributed by atoms with E-state index >= 15 is 0 Å². The van der Waals surface area contributed by atoms with Gasteiger partial charge in [0.1, 0.15) is 5.75 Å².